The second-order valence-electron chi connectivity index (χ2n) is 9.94. The third kappa shape index (κ3) is 5.09. The number of amides is 1. The maximum Gasteiger partial charge on any atom is 0.349 e. The van der Waals surface area contributed by atoms with Crippen molar-refractivity contribution in [2.75, 3.05) is 13.2 Å². The fourth-order valence-corrected chi connectivity index (χ4v) is 4.89. The van der Waals surface area contributed by atoms with Crippen LogP contribution < -0.4 is 22.2 Å². The van der Waals surface area contributed by atoms with Crippen LogP contribution in [-0.2, 0) is 25.3 Å². The van der Waals surface area contributed by atoms with Gasteiger partial charge in [0.05, 0.1) is 6.61 Å². The number of hydrogen-bond acceptors (Lipinski definition) is 11. The maximum atomic E-state index is 12.7. The fraction of sp³-hybridized carbons (Fsp3) is 0.423. The van der Waals surface area contributed by atoms with E-state index in [9.17, 15) is 39.6 Å². The molecule has 0 unspecified atom stereocenters. The minimum Gasteiger partial charge on any atom is -0.422 e. The van der Waals surface area contributed by atoms with Crippen LogP contribution in [0.5, 0.6) is 0 Å². The zero-order valence-corrected chi connectivity index (χ0v) is 22.1. The van der Waals surface area contributed by atoms with Crippen molar-refractivity contribution >= 4 is 28.0 Å². The molecule has 3 aromatic heterocycles. The molecule has 5 atom stereocenters. The molecule has 1 saturated heterocycles. The quantitative estimate of drug-likeness (QED) is 0.105. The second kappa shape index (κ2) is 11.0. The third-order valence-corrected chi connectivity index (χ3v) is 7.25. The van der Waals surface area contributed by atoms with Gasteiger partial charge in [-0.1, -0.05) is 12.1 Å². The molecule has 0 saturated carbocycles. The van der Waals surface area contributed by atoms with Crippen molar-refractivity contribution in [1.29, 1.82) is 0 Å². The van der Waals surface area contributed by atoms with E-state index in [2.05, 4.69) is 15.3 Å². The Bertz CT molecular complexity index is 1800. The second-order valence-corrected chi connectivity index (χ2v) is 9.94. The number of aliphatic hydroxyl groups excluding tert-OH is 4. The Hall–Kier alpha value is -4.15. The van der Waals surface area contributed by atoms with Crippen molar-refractivity contribution < 1.29 is 34.4 Å². The molecule has 4 heterocycles. The summed E-state index contributed by atoms with van der Waals surface area (Å²) in [5.74, 6) is -0.187. The molecule has 41 heavy (non-hydrogen) atoms. The van der Waals surface area contributed by atoms with E-state index < -0.39 is 59.9 Å². The average Bonchev–Trinajstić information content (AvgIpc) is 3.40. The first-order chi connectivity index (χ1) is 19.5. The van der Waals surface area contributed by atoms with Gasteiger partial charge in [0.15, 0.2) is 5.65 Å². The van der Waals surface area contributed by atoms with Crippen molar-refractivity contribution in [2.24, 2.45) is 14.1 Å². The number of aromatic amines is 1. The molecule has 218 valence electrons. The van der Waals surface area contributed by atoms with Gasteiger partial charge in [0.25, 0.3) is 11.5 Å². The molecule has 5 rings (SSSR count). The van der Waals surface area contributed by atoms with Gasteiger partial charge in [-0.2, -0.15) is 0 Å². The Morgan fingerprint density at radius 2 is 1.83 bits per heavy atom. The lowest BCUT2D eigenvalue weighted by molar-refractivity contribution is -0.231. The normalized spacial score (nSPS) is 22.8. The summed E-state index contributed by atoms with van der Waals surface area (Å²) in [6.45, 7) is -0.401. The van der Waals surface area contributed by atoms with Gasteiger partial charge in [-0.05, 0) is 24.1 Å². The van der Waals surface area contributed by atoms with Gasteiger partial charge in [-0.25, -0.2) is 14.6 Å². The Labute approximate surface area is 230 Å². The van der Waals surface area contributed by atoms with Crippen LogP contribution in [0.1, 0.15) is 34.3 Å². The van der Waals surface area contributed by atoms with Crippen LogP contribution in [0.15, 0.2) is 43.1 Å². The molecule has 0 spiro atoms. The number of nitrogens with zero attached hydrogens (tertiary/aromatic N) is 3. The van der Waals surface area contributed by atoms with E-state index in [1.165, 1.54) is 30.8 Å². The number of ether oxygens (including phenoxy) is 1. The Morgan fingerprint density at radius 1 is 1.07 bits per heavy atom. The number of nitrogens with one attached hydrogen (secondary N) is 2. The summed E-state index contributed by atoms with van der Waals surface area (Å²) in [6.07, 6.45) is -6.00. The van der Waals surface area contributed by atoms with Gasteiger partial charge in [-0.15, -0.1) is 0 Å². The van der Waals surface area contributed by atoms with Gasteiger partial charge in [0.2, 0.25) is 0 Å². The van der Waals surface area contributed by atoms with E-state index in [4.69, 9.17) is 9.15 Å². The molecule has 1 aromatic carbocycles. The molecule has 15 nitrogen and oxygen atoms in total. The van der Waals surface area contributed by atoms with Crippen molar-refractivity contribution in [1.82, 2.24) is 24.4 Å². The van der Waals surface area contributed by atoms with Gasteiger partial charge in [0, 0.05) is 32.4 Å². The first-order valence-electron chi connectivity index (χ1n) is 12.8. The summed E-state index contributed by atoms with van der Waals surface area (Å²) >= 11 is 0. The van der Waals surface area contributed by atoms with Crippen LogP contribution in [0, 0.1) is 0 Å². The monoisotopic (exact) mass is 571 g/mol. The SMILES string of the molecule is Cn1c(=O)c2[nH]c(CCCNC(=O)c3cc4ccc([C@@H]5O[C@H](CO)[C@H](O)[C@H](O)[C@H]5O)cc4oc3=O)nc2n(C)c1=O. The molecule has 15 heteroatoms. The van der Waals surface area contributed by atoms with Crippen molar-refractivity contribution in [2.45, 2.75) is 43.4 Å². The minimum absolute atomic E-state index is 0.103. The topological polar surface area (TPSA) is 222 Å². The average molecular weight is 572 g/mol. The number of fused-ring (bicyclic) bond motifs is 2. The number of carbonyl (C=O) groups excluding carboxylic acids is 1. The maximum absolute atomic E-state index is 12.7. The first kappa shape index (κ1) is 28.4. The van der Waals surface area contributed by atoms with Crippen LogP contribution in [0.3, 0.4) is 0 Å². The molecule has 1 aliphatic rings. The van der Waals surface area contributed by atoms with Gasteiger partial charge in [0.1, 0.15) is 53.0 Å². The molecular weight excluding hydrogens is 542 g/mol. The van der Waals surface area contributed by atoms with Crippen LogP contribution in [-0.4, -0.2) is 83.0 Å². The summed E-state index contributed by atoms with van der Waals surface area (Å²) in [5.41, 5.74) is -1.22. The largest absolute Gasteiger partial charge is 0.422 e. The number of imidazole rings is 1. The lowest BCUT2D eigenvalue weighted by Gasteiger charge is -2.40. The summed E-state index contributed by atoms with van der Waals surface area (Å²) in [7, 11) is 2.89. The van der Waals surface area contributed by atoms with E-state index in [1.807, 2.05) is 0 Å². The standard InChI is InChI=1S/C26H29N5O10/c1-30-22-17(24(37)31(2)26(30)39)28-16(29-22)4-3-7-27-23(36)13-8-11-5-6-12(9-14(11)41-25(13)38)21-20(35)19(34)18(33)15(10-32)40-21/h5-6,8-9,15,18-21,32-35H,3-4,7,10H2,1-2H3,(H,27,36)(H,28,29)/t15-,18+,19+,20-,21+/m1/s1. The highest BCUT2D eigenvalue weighted by Crippen LogP contribution is 2.33. The van der Waals surface area contributed by atoms with E-state index in [-0.39, 0.29) is 28.9 Å². The summed E-state index contributed by atoms with van der Waals surface area (Å²) in [5, 5.41) is 42.9. The number of rotatable bonds is 7. The molecule has 1 fully saturated rings. The highest BCUT2D eigenvalue weighted by molar-refractivity contribution is 5.96. The Balaban J connectivity index is 1.26. The summed E-state index contributed by atoms with van der Waals surface area (Å²) in [6, 6.07) is 5.88. The molecule has 4 aromatic rings. The Morgan fingerprint density at radius 3 is 2.56 bits per heavy atom. The first-order valence-corrected chi connectivity index (χ1v) is 12.8. The number of aryl methyl sites for hydroxylation is 2. The van der Waals surface area contributed by atoms with Crippen molar-refractivity contribution in [3.63, 3.8) is 0 Å². The van der Waals surface area contributed by atoms with Crippen LogP contribution >= 0.6 is 0 Å². The van der Waals surface area contributed by atoms with Crippen LogP contribution in [0.25, 0.3) is 22.1 Å². The summed E-state index contributed by atoms with van der Waals surface area (Å²) in [4.78, 5) is 57.0. The lowest BCUT2D eigenvalue weighted by atomic mass is 9.91. The number of aromatic nitrogens is 4. The highest BCUT2D eigenvalue weighted by Gasteiger charge is 2.44. The fourth-order valence-electron chi connectivity index (χ4n) is 4.89. The zero-order chi connectivity index (χ0) is 29.6. The molecule has 1 aliphatic heterocycles. The molecule has 0 aliphatic carbocycles. The van der Waals surface area contributed by atoms with E-state index in [0.29, 0.717) is 29.6 Å². The summed E-state index contributed by atoms with van der Waals surface area (Å²) < 4.78 is 13.1. The number of H-pyrrole nitrogens is 1. The van der Waals surface area contributed by atoms with Crippen molar-refractivity contribution in [3.8, 4) is 0 Å². The van der Waals surface area contributed by atoms with Gasteiger partial charge < -0.3 is 39.9 Å². The van der Waals surface area contributed by atoms with E-state index >= 15 is 0 Å². The number of benzene rings is 1. The number of carbonyl (C=O) groups is 1. The number of aliphatic hydroxyl groups is 4. The molecule has 1 amide bonds. The molecule has 0 bridgehead atoms. The zero-order valence-electron chi connectivity index (χ0n) is 22.1. The lowest BCUT2D eigenvalue weighted by Crippen LogP contribution is -2.55. The van der Waals surface area contributed by atoms with Gasteiger partial charge >= 0.3 is 11.3 Å². The minimum atomic E-state index is -1.56. The third-order valence-electron chi connectivity index (χ3n) is 7.25. The predicted molar refractivity (Wildman–Crippen MR) is 142 cm³/mol. The van der Waals surface area contributed by atoms with Crippen molar-refractivity contribution in [3.05, 3.63) is 72.5 Å². The smallest absolute Gasteiger partial charge is 0.349 e. The van der Waals surface area contributed by atoms with Crippen LogP contribution in [0.2, 0.25) is 0 Å². The number of hydrogen-bond donors (Lipinski definition) is 6. The predicted octanol–water partition coefficient (Wildman–Crippen LogP) is -2.06. The van der Waals surface area contributed by atoms with E-state index in [0.717, 1.165) is 4.57 Å². The molecule has 0 radical (unpaired) electrons. The van der Waals surface area contributed by atoms with Crippen LogP contribution in [0.4, 0.5) is 0 Å². The molecular formula is C26H29N5O10. The van der Waals surface area contributed by atoms with E-state index in [1.54, 1.807) is 12.1 Å². The van der Waals surface area contributed by atoms with Gasteiger partial charge in [-0.3, -0.25) is 18.7 Å². The Kier molecular flexibility index (Phi) is 7.63. The highest BCUT2D eigenvalue weighted by atomic mass is 16.5. The molecule has 6 N–H and O–H groups in total.